The van der Waals surface area contributed by atoms with Gasteiger partial charge in [0.25, 0.3) is 5.69 Å². The molecule has 0 bridgehead atoms. The summed E-state index contributed by atoms with van der Waals surface area (Å²) in [6.45, 7) is 2.78. The van der Waals surface area contributed by atoms with Crippen molar-refractivity contribution in [1.29, 1.82) is 0 Å². The van der Waals surface area contributed by atoms with E-state index in [-0.39, 0.29) is 10.6 Å². The van der Waals surface area contributed by atoms with Gasteiger partial charge in [-0.3, -0.25) is 15.0 Å². The van der Waals surface area contributed by atoms with Crippen LogP contribution in [0.5, 0.6) is 0 Å². The van der Waals surface area contributed by atoms with Crippen LogP contribution in [-0.2, 0) is 6.54 Å². The van der Waals surface area contributed by atoms with Gasteiger partial charge in [-0.2, -0.15) is 11.8 Å². The van der Waals surface area contributed by atoms with Crippen LogP contribution in [0, 0.1) is 10.1 Å². The summed E-state index contributed by atoms with van der Waals surface area (Å²) in [5.74, 6) is 1.11. The maximum atomic E-state index is 10.8. The van der Waals surface area contributed by atoms with Gasteiger partial charge in [0, 0.05) is 30.4 Å². The highest BCUT2D eigenvalue weighted by molar-refractivity contribution is 7.98. The smallest absolute Gasteiger partial charge is 0.269 e. The standard InChI is InChI=1S/C13H21N3O2S/c1-10(6-7-19-3)15(2)9-11-8-12(16(17)18)4-5-13(11)14/h4-5,8,10H,6-7,9,14H2,1-3H3. The Kier molecular flexibility index (Phi) is 6.11. The highest BCUT2D eigenvalue weighted by Gasteiger charge is 2.14. The predicted octanol–water partition coefficient (Wildman–Crippen LogP) is 2.75. The van der Waals surface area contributed by atoms with Crippen molar-refractivity contribution in [3.05, 3.63) is 33.9 Å². The molecule has 106 valence electrons. The van der Waals surface area contributed by atoms with E-state index in [0.29, 0.717) is 18.3 Å². The van der Waals surface area contributed by atoms with Gasteiger partial charge in [0.05, 0.1) is 4.92 Å². The van der Waals surface area contributed by atoms with Crippen LogP contribution in [-0.4, -0.2) is 34.9 Å². The SMILES string of the molecule is CSCCC(C)N(C)Cc1cc([N+](=O)[O-])ccc1N. The summed E-state index contributed by atoms with van der Waals surface area (Å²) >= 11 is 1.82. The molecule has 6 heteroatoms. The van der Waals surface area contributed by atoms with Gasteiger partial charge < -0.3 is 5.73 Å². The molecule has 0 aliphatic rings. The lowest BCUT2D eigenvalue weighted by molar-refractivity contribution is -0.384. The van der Waals surface area contributed by atoms with Crippen LogP contribution in [0.15, 0.2) is 18.2 Å². The van der Waals surface area contributed by atoms with E-state index in [1.165, 1.54) is 6.07 Å². The van der Waals surface area contributed by atoms with Crippen molar-refractivity contribution in [1.82, 2.24) is 4.90 Å². The van der Waals surface area contributed by atoms with E-state index in [4.69, 9.17) is 5.73 Å². The third kappa shape index (κ3) is 4.72. The maximum Gasteiger partial charge on any atom is 0.269 e. The van der Waals surface area contributed by atoms with Crippen LogP contribution < -0.4 is 5.73 Å². The van der Waals surface area contributed by atoms with Crippen molar-refractivity contribution in [2.75, 3.05) is 24.8 Å². The van der Waals surface area contributed by atoms with Crippen LogP contribution in [0.1, 0.15) is 18.9 Å². The van der Waals surface area contributed by atoms with Gasteiger partial charge in [-0.25, -0.2) is 0 Å². The summed E-state index contributed by atoms with van der Waals surface area (Å²) in [6.07, 6.45) is 3.18. The van der Waals surface area contributed by atoms with Gasteiger partial charge >= 0.3 is 0 Å². The third-order valence-electron chi connectivity index (χ3n) is 3.25. The molecule has 19 heavy (non-hydrogen) atoms. The number of benzene rings is 1. The van der Waals surface area contributed by atoms with Crippen molar-refractivity contribution < 1.29 is 4.92 Å². The molecule has 5 nitrogen and oxygen atoms in total. The molecule has 1 rings (SSSR count). The van der Waals surface area contributed by atoms with E-state index in [9.17, 15) is 10.1 Å². The number of thioether (sulfide) groups is 1. The fourth-order valence-electron chi connectivity index (χ4n) is 1.78. The predicted molar refractivity (Wildman–Crippen MR) is 81.4 cm³/mol. The van der Waals surface area contributed by atoms with Gasteiger partial charge in [-0.1, -0.05) is 0 Å². The molecule has 1 unspecified atom stereocenters. The Labute approximate surface area is 118 Å². The van der Waals surface area contributed by atoms with Crippen molar-refractivity contribution in [2.45, 2.75) is 25.9 Å². The number of hydrogen-bond donors (Lipinski definition) is 1. The second-order valence-electron chi connectivity index (χ2n) is 4.69. The molecule has 0 saturated heterocycles. The molecule has 0 aliphatic heterocycles. The molecule has 0 fully saturated rings. The number of nitro groups is 1. The average Bonchev–Trinajstić information content (AvgIpc) is 2.38. The molecular formula is C13H21N3O2S. The van der Waals surface area contributed by atoms with Crippen LogP contribution in [0.3, 0.4) is 0 Å². The van der Waals surface area contributed by atoms with Crippen molar-refractivity contribution in [3.63, 3.8) is 0 Å². The van der Waals surface area contributed by atoms with E-state index in [1.54, 1.807) is 12.1 Å². The zero-order valence-electron chi connectivity index (χ0n) is 11.6. The Hall–Kier alpha value is -1.27. The van der Waals surface area contributed by atoms with Crippen LogP contribution in [0.4, 0.5) is 11.4 Å². The number of rotatable bonds is 7. The highest BCUT2D eigenvalue weighted by Crippen LogP contribution is 2.21. The molecule has 0 spiro atoms. The first-order valence-electron chi connectivity index (χ1n) is 6.17. The zero-order valence-corrected chi connectivity index (χ0v) is 12.4. The normalized spacial score (nSPS) is 12.6. The fourth-order valence-corrected chi connectivity index (χ4v) is 2.35. The quantitative estimate of drug-likeness (QED) is 0.473. The molecule has 0 heterocycles. The van der Waals surface area contributed by atoms with Gasteiger partial charge in [0.1, 0.15) is 0 Å². The molecule has 0 radical (unpaired) electrons. The first kappa shape index (κ1) is 15.8. The fraction of sp³-hybridized carbons (Fsp3) is 0.538. The van der Waals surface area contributed by atoms with Crippen LogP contribution >= 0.6 is 11.8 Å². The summed E-state index contributed by atoms with van der Waals surface area (Å²) in [5, 5.41) is 10.8. The Morgan fingerprint density at radius 1 is 1.53 bits per heavy atom. The Morgan fingerprint density at radius 3 is 2.79 bits per heavy atom. The Bertz CT molecular complexity index is 440. The van der Waals surface area contributed by atoms with Gasteiger partial charge in [0.2, 0.25) is 0 Å². The summed E-state index contributed by atoms with van der Waals surface area (Å²) in [4.78, 5) is 12.6. The molecule has 1 aromatic carbocycles. The molecule has 1 atom stereocenters. The van der Waals surface area contributed by atoms with E-state index in [2.05, 4.69) is 18.1 Å². The van der Waals surface area contributed by atoms with Crippen LogP contribution in [0.25, 0.3) is 0 Å². The molecule has 0 amide bonds. The lowest BCUT2D eigenvalue weighted by Gasteiger charge is -2.25. The first-order chi connectivity index (χ1) is 8.95. The van der Waals surface area contributed by atoms with Crippen LogP contribution in [0.2, 0.25) is 0 Å². The molecule has 0 aromatic heterocycles. The molecule has 0 saturated carbocycles. The molecule has 0 aliphatic carbocycles. The summed E-state index contributed by atoms with van der Waals surface area (Å²) in [6, 6.07) is 5.03. The third-order valence-corrected chi connectivity index (χ3v) is 3.89. The molecular weight excluding hydrogens is 262 g/mol. The summed E-state index contributed by atoms with van der Waals surface area (Å²) in [7, 11) is 2.02. The lowest BCUT2D eigenvalue weighted by atomic mass is 10.1. The number of anilines is 1. The van der Waals surface area contributed by atoms with E-state index in [0.717, 1.165) is 17.7 Å². The van der Waals surface area contributed by atoms with Gasteiger partial charge in [-0.05, 0) is 44.0 Å². The minimum Gasteiger partial charge on any atom is -0.398 e. The second kappa shape index (κ2) is 7.35. The summed E-state index contributed by atoms with van der Waals surface area (Å²) < 4.78 is 0. The van der Waals surface area contributed by atoms with E-state index in [1.807, 2.05) is 18.8 Å². The van der Waals surface area contributed by atoms with Gasteiger partial charge in [0.15, 0.2) is 0 Å². The van der Waals surface area contributed by atoms with Crippen molar-refractivity contribution >= 4 is 23.1 Å². The first-order valence-corrected chi connectivity index (χ1v) is 7.57. The zero-order chi connectivity index (χ0) is 14.4. The summed E-state index contributed by atoms with van der Waals surface area (Å²) in [5.41, 5.74) is 7.40. The molecule has 1 aromatic rings. The number of nitrogen functional groups attached to an aromatic ring is 1. The monoisotopic (exact) mass is 283 g/mol. The van der Waals surface area contributed by atoms with Crippen molar-refractivity contribution in [3.8, 4) is 0 Å². The van der Waals surface area contributed by atoms with Gasteiger partial charge in [-0.15, -0.1) is 0 Å². The van der Waals surface area contributed by atoms with E-state index < -0.39 is 0 Å². The minimum absolute atomic E-state index is 0.0920. The number of hydrogen-bond acceptors (Lipinski definition) is 5. The highest BCUT2D eigenvalue weighted by atomic mass is 32.2. The number of non-ortho nitro benzene ring substituents is 1. The minimum atomic E-state index is -0.389. The second-order valence-corrected chi connectivity index (χ2v) is 5.67. The Morgan fingerprint density at radius 2 is 2.21 bits per heavy atom. The largest absolute Gasteiger partial charge is 0.398 e. The number of nitrogens with zero attached hydrogens (tertiary/aromatic N) is 2. The molecule has 2 N–H and O–H groups in total. The Balaban J connectivity index is 2.75. The lowest BCUT2D eigenvalue weighted by Crippen LogP contribution is -2.29. The average molecular weight is 283 g/mol. The topological polar surface area (TPSA) is 72.4 Å². The maximum absolute atomic E-state index is 10.8. The number of nitrogens with two attached hydrogens (primary N) is 1. The van der Waals surface area contributed by atoms with E-state index >= 15 is 0 Å². The van der Waals surface area contributed by atoms with Crippen molar-refractivity contribution in [2.24, 2.45) is 0 Å². The number of nitro benzene ring substituents is 1.